The number of ether oxygens (including phenoxy) is 1. The topological polar surface area (TPSA) is 75.6 Å². The predicted octanol–water partition coefficient (Wildman–Crippen LogP) is 4.15. The van der Waals surface area contributed by atoms with Crippen molar-refractivity contribution in [2.24, 2.45) is 5.92 Å². The Morgan fingerprint density at radius 3 is 2.79 bits per heavy atom. The molecule has 1 atom stereocenters. The van der Waals surface area contributed by atoms with Gasteiger partial charge >= 0.3 is 12.0 Å². The van der Waals surface area contributed by atoms with E-state index >= 15 is 0 Å². The monoisotopic (exact) mass is 406 g/mol. The number of carbonyl (C=O) groups excluding carboxylic acids is 2. The molecular formula is C20H30N4O3S. The summed E-state index contributed by atoms with van der Waals surface area (Å²) in [7, 11) is 1.76. The maximum Gasteiger partial charge on any atom is 0.329 e. The molecule has 0 bridgehead atoms. The van der Waals surface area contributed by atoms with Crippen LogP contribution in [0.5, 0.6) is 0 Å². The highest BCUT2D eigenvalue weighted by Gasteiger charge is 2.38. The van der Waals surface area contributed by atoms with Crippen LogP contribution < -0.4 is 4.90 Å². The molecule has 7 nitrogen and oxygen atoms in total. The first kappa shape index (κ1) is 20.8. The minimum atomic E-state index is -0.595. The number of aromatic nitrogens is 2. The maximum absolute atomic E-state index is 12.8. The van der Waals surface area contributed by atoms with E-state index in [-0.39, 0.29) is 17.9 Å². The van der Waals surface area contributed by atoms with Crippen LogP contribution in [0.15, 0.2) is 12.2 Å². The van der Waals surface area contributed by atoms with Gasteiger partial charge < -0.3 is 9.64 Å². The highest BCUT2D eigenvalue weighted by atomic mass is 32.1. The standard InChI is InChI=1S/C20H30N4O3S/c1-3-4-5-9-12-16-21-22-19(28-16)24-17(13-14-23(2)20(24)26)27-18(25)15-10-7-6-8-11-15/h3-4,15,17H,5-14H2,1-2H3. The molecule has 2 fully saturated rings. The molecule has 154 valence electrons. The number of allylic oxidation sites excluding steroid dienone is 2. The Morgan fingerprint density at radius 1 is 1.25 bits per heavy atom. The second-order valence-electron chi connectivity index (χ2n) is 7.53. The molecule has 1 saturated carbocycles. The van der Waals surface area contributed by atoms with Crippen molar-refractivity contribution in [1.29, 1.82) is 0 Å². The fourth-order valence-electron chi connectivity index (χ4n) is 3.70. The zero-order valence-electron chi connectivity index (χ0n) is 16.8. The van der Waals surface area contributed by atoms with Gasteiger partial charge in [0.1, 0.15) is 5.01 Å². The van der Waals surface area contributed by atoms with Crippen LogP contribution in [-0.4, -0.2) is 46.9 Å². The number of carbonyl (C=O) groups is 2. The Labute approximate surface area is 170 Å². The van der Waals surface area contributed by atoms with E-state index in [4.69, 9.17) is 4.74 Å². The fourth-order valence-corrected chi connectivity index (χ4v) is 4.62. The molecule has 8 heteroatoms. The van der Waals surface area contributed by atoms with Gasteiger partial charge in [-0.2, -0.15) is 0 Å². The molecule has 1 saturated heterocycles. The quantitative estimate of drug-likeness (QED) is 0.386. The molecule has 1 aromatic heterocycles. The van der Waals surface area contributed by atoms with Gasteiger partial charge in [0.2, 0.25) is 5.13 Å². The molecule has 0 spiro atoms. The average molecular weight is 407 g/mol. The van der Waals surface area contributed by atoms with Crippen molar-refractivity contribution in [3.63, 3.8) is 0 Å². The van der Waals surface area contributed by atoms with Crippen LogP contribution in [0.3, 0.4) is 0 Å². The number of rotatable bonds is 7. The van der Waals surface area contributed by atoms with Gasteiger partial charge in [-0.25, -0.2) is 9.69 Å². The Morgan fingerprint density at radius 2 is 2.04 bits per heavy atom. The molecular weight excluding hydrogens is 376 g/mol. The van der Waals surface area contributed by atoms with Crippen molar-refractivity contribution in [3.05, 3.63) is 17.2 Å². The molecule has 2 heterocycles. The van der Waals surface area contributed by atoms with Crippen LogP contribution in [0.25, 0.3) is 0 Å². The third kappa shape index (κ3) is 5.10. The van der Waals surface area contributed by atoms with Gasteiger partial charge in [-0.15, -0.1) is 10.2 Å². The number of aryl methyl sites for hydroxylation is 1. The van der Waals surface area contributed by atoms with E-state index in [1.807, 2.05) is 13.0 Å². The van der Waals surface area contributed by atoms with Crippen molar-refractivity contribution in [2.45, 2.75) is 70.9 Å². The lowest BCUT2D eigenvalue weighted by atomic mass is 9.89. The van der Waals surface area contributed by atoms with Crippen molar-refractivity contribution in [1.82, 2.24) is 15.1 Å². The lowest BCUT2D eigenvalue weighted by molar-refractivity contribution is -0.155. The maximum atomic E-state index is 12.8. The Balaban J connectivity index is 1.68. The number of unbranched alkanes of at least 4 members (excludes halogenated alkanes) is 1. The van der Waals surface area contributed by atoms with Gasteiger partial charge in [0, 0.05) is 26.4 Å². The van der Waals surface area contributed by atoms with E-state index in [9.17, 15) is 9.59 Å². The van der Waals surface area contributed by atoms with Crippen molar-refractivity contribution in [3.8, 4) is 0 Å². The van der Waals surface area contributed by atoms with Gasteiger partial charge in [-0.05, 0) is 32.6 Å². The van der Waals surface area contributed by atoms with Crippen LogP contribution in [-0.2, 0) is 16.0 Å². The molecule has 0 aromatic carbocycles. The summed E-state index contributed by atoms with van der Waals surface area (Å²) in [5, 5.41) is 9.89. The number of amides is 2. The summed E-state index contributed by atoms with van der Waals surface area (Å²) in [6, 6.07) is -0.190. The predicted molar refractivity (Wildman–Crippen MR) is 109 cm³/mol. The van der Waals surface area contributed by atoms with Crippen LogP contribution in [0.1, 0.15) is 63.3 Å². The van der Waals surface area contributed by atoms with E-state index in [0.717, 1.165) is 50.0 Å². The van der Waals surface area contributed by atoms with E-state index in [1.165, 1.54) is 22.7 Å². The van der Waals surface area contributed by atoms with Crippen molar-refractivity contribution in [2.75, 3.05) is 18.5 Å². The highest BCUT2D eigenvalue weighted by molar-refractivity contribution is 7.15. The first-order chi connectivity index (χ1) is 13.6. The molecule has 2 aliphatic rings. The molecule has 1 aliphatic heterocycles. The summed E-state index contributed by atoms with van der Waals surface area (Å²) in [6.45, 7) is 2.57. The SMILES string of the molecule is CC=CCCCc1nnc(N2C(=O)N(C)CCC2OC(=O)C2CCCCC2)s1. The summed E-state index contributed by atoms with van der Waals surface area (Å²) in [5.74, 6) is -0.217. The third-order valence-electron chi connectivity index (χ3n) is 5.38. The van der Waals surface area contributed by atoms with Gasteiger partial charge in [0.25, 0.3) is 0 Å². The largest absolute Gasteiger partial charge is 0.441 e. The van der Waals surface area contributed by atoms with Crippen LogP contribution in [0, 0.1) is 5.92 Å². The van der Waals surface area contributed by atoms with E-state index in [0.29, 0.717) is 18.1 Å². The Hall–Kier alpha value is -1.96. The number of esters is 1. The number of nitrogens with zero attached hydrogens (tertiary/aromatic N) is 4. The number of anilines is 1. The van der Waals surface area contributed by atoms with Crippen LogP contribution in [0.4, 0.5) is 9.93 Å². The first-order valence-electron chi connectivity index (χ1n) is 10.3. The smallest absolute Gasteiger partial charge is 0.329 e. The normalized spacial score (nSPS) is 21.5. The van der Waals surface area contributed by atoms with Crippen LogP contribution >= 0.6 is 11.3 Å². The van der Waals surface area contributed by atoms with Gasteiger partial charge in [-0.1, -0.05) is 42.8 Å². The average Bonchev–Trinajstić information content (AvgIpc) is 3.17. The van der Waals surface area contributed by atoms with Crippen LogP contribution in [0.2, 0.25) is 0 Å². The third-order valence-corrected chi connectivity index (χ3v) is 6.36. The summed E-state index contributed by atoms with van der Waals surface area (Å²) in [4.78, 5) is 28.6. The second kappa shape index (κ2) is 10.0. The number of urea groups is 1. The summed E-state index contributed by atoms with van der Waals surface area (Å²) >= 11 is 1.41. The molecule has 2 amide bonds. The molecule has 0 N–H and O–H groups in total. The summed E-state index contributed by atoms with van der Waals surface area (Å²) in [6.07, 6.45) is 12.1. The van der Waals surface area contributed by atoms with Gasteiger partial charge in [0.15, 0.2) is 6.23 Å². The van der Waals surface area contributed by atoms with Crippen molar-refractivity contribution < 1.29 is 14.3 Å². The fraction of sp³-hybridized carbons (Fsp3) is 0.700. The Bertz CT molecular complexity index is 699. The molecule has 1 aromatic rings. The minimum absolute atomic E-state index is 0.0399. The number of hydrogen-bond donors (Lipinski definition) is 0. The van der Waals surface area contributed by atoms with Gasteiger partial charge in [-0.3, -0.25) is 4.79 Å². The number of hydrogen-bond acceptors (Lipinski definition) is 6. The van der Waals surface area contributed by atoms with E-state index in [1.54, 1.807) is 11.9 Å². The van der Waals surface area contributed by atoms with E-state index < -0.39 is 6.23 Å². The molecule has 1 aliphatic carbocycles. The first-order valence-corrected chi connectivity index (χ1v) is 11.1. The van der Waals surface area contributed by atoms with E-state index in [2.05, 4.69) is 16.3 Å². The molecule has 28 heavy (non-hydrogen) atoms. The minimum Gasteiger partial charge on any atom is -0.441 e. The zero-order chi connectivity index (χ0) is 19.9. The molecule has 3 rings (SSSR count). The molecule has 0 radical (unpaired) electrons. The zero-order valence-corrected chi connectivity index (χ0v) is 17.6. The summed E-state index contributed by atoms with van der Waals surface area (Å²) in [5.41, 5.74) is 0. The summed E-state index contributed by atoms with van der Waals surface area (Å²) < 4.78 is 5.81. The molecule has 1 unspecified atom stereocenters. The Kier molecular flexibility index (Phi) is 7.42. The van der Waals surface area contributed by atoms with Gasteiger partial charge in [0.05, 0.1) is 5.92 Å². The lowest BCUT2D eigenvalue weighted by Crippen LogP contribution is -2.55. The van der Waals surface area contributed by atoms with Crippen molar-refractivity contribution >= 4 is 28.5 Å². The second-order valence-corrected chi connectivity index (χ2v) is 8.57. The lowest BCUT2D eigenvalue weighted by Gasteiger charge is -2.38. The highest BCUT2D eigenvalue weighted by Crippen LogP contribution is 2.31.